The van der Waals surface area contributed by atoms with Crippen LogP contribution in [0.5, 0.6) is 0 Å². The predicted octanol–water partition coefficient (Wildman–Crippen LogP) is 4.76. The molecule has 1 nitrogen and oxygen atoms in total. The minimum absolute atomic E-state index is 3.48. The van der Waals surface area contributed by atoms with E-state index in [2.05, 4.69) is 0 Å². The first-order valence-electron chi connectivity index (χ1n) is 3.36. The standard InChI is InChI=1S/C4F12NP/c5-1(6,7)17(2(8,9)10)18(3(11,12)13)4(14,15)16. The maximum absolute atomic E-state index is 11.8. The fourth-order valence-corrected chi connectivity index (χ4v) is 1.94. The van der Waals surface area contributed by atoms with Gasteiger partial charge in [0, 0.05) is 0 Å². The first-order chi connectivity index (χ1) is 7.49. The van der Waals surface area contributed by atoms with E-state index in [0.717, 1.165) is 0 Å². The van der Waals surface area contributed by atoms with E-state index in [-0.39, 0.29) is 0 Å². The van der Waals surface area contributed by atoms with Gasteiger partial charge in [-0.25, -0.2) is 0 Å². The van der Waals surface area contributed by atoms with Crippen molar-refractivity contribution in [2.45, 2.75) is 24.4 Å². The predicted molar refractivity (Wildman–Crippen MR) is 33.0 cm³/mol. The maximum Gasteiger partial charge on any atom is 0.471 e. The van der Waals surface area contributed by atoms with Crippen LogP contribution in [0, 0.1) is 0 Å². The monoisotopic (exact) mass is 321 g/mol. The fourth-order valence-electron chi connectivity index (χ4n) is 0.741. The lowest BCUT2D eigenvalue weighted by atomic mass is 11.0. The average molecular weight is 321 g/mol. The van der Waals surface area contributed by atoms with Crippen molar-refractivity contribution < 1.29 is 52.7 Å². The Bertz CT molecular complexity index is 222. The van der Waals surface area contributed by atoms with Gasteiger partial charge in [0.15, 0.2) is 0 Å². The van der Waals surface area contributed by atoms with Gasteiger partial charge in [-0.2, -0.15) is 52.7 Å². The van der Waals surface area contributed by atoms with Gasteiger partial charge in [0.05, 0.1) is 0 Å². The molecule has 110 valence electrons. The Kier molecular flexibility index (Phi) is 4.47. The summed E-state index contributed by atoms with van der Waals surface area (Å²) in [6.07, 6.45) is -13.7. The highest BCUT2D eigenvalue weighted by Crippen LogP contribution is 2.71. The Morgan fingerprint density at radius 1 is 0.500 bits per heavy atom. The molecule has 0 bridgehead atoms. The Balaban J connectivity index is 5.84. The summed E-state index contributed by atoms with van der Waals surface area (Å²) in [5.41, 5.74) is 0. The van der Waals surface area contributed by atoms with Gasteiger partial charge >= 0.3 is 24.4 Å². The number of halogens is 12. The molecule has 0 N–H and O–H groups in total. The summed E-state index contributed by atoms with van der Waals surface area (Å²) < 4.78 is 138. The average Bonchev–Trinajstić information content (AvgIpc) is 1.89. The molecule has 0 aromatic heterocycles. The Morgan fingerprint density at radius 3 is 0.778 bits per heavy atom. The summed E-state index contributed by atoms with van der Waals surface area (Å²) >= 11 is 0. The molecule has 0 aliphatic rings. The lowest BCUT2D eigenvalue weighted by Crippen LogP contribution is -2.49. The van der Waals surface area contributed by atoms with Crippen molar-refractivity contribution in [3.63, 3.8) is 0 Å². The smallest absolute Gasteiger partial charge is 0.165 e. The molecule has 0 rings (SSSR count). The zero-order valence-corrected chi connectivity index (χ0v) is 8.32. The zero-order valence-electron chi connectivity index (χ0n) is 7.43. The molecule has 0 aliphatic heterocycles. The van der Waals surface area contributed by atoms with Crippen LogP contribution in [-0.4, -0.2) is 29.1 Å². The Labute approximate surface area is 91.1 Å². The third-order valence-electron chi connectivity index (χ3n) is 1.16. The molecule has 0 amide bonds. The van der Waals surface area contributed by atoms with E-state index in [9.17, 15) is 52.7 Å². The van der Waals surface area contributed by atoms with Crippen molar-refractivity contribution in [3.05, 3.63) is 0 Å². The summed E-state index contributed by atoms with van der Waals surface area (Å²) in [5, 5.41) is 0. The van der Waals surface area contributed by atoms with E-state index < -0.39 is 37.2 Å². The van der Waals surface area contributed by atoms with Crippen LogP contribution in [0.25, 0.3) is 0 Å². The van der Waals surface area contributed by atoms with E-state index in [0.29, 0.717) is 0 Å². The van der Waals surface area contributed by atoms with Crippen molar-refractivity contribution >= 4 is 8.07 Å². The van der Waals surface area contributed by atoms with Crippen LogP contribution in [0.2, 0.25) is 0 Å². The number of rotatable bonds is 1. The van der Waals surface area contributed by atoms with Crippen molar-refractivity contribution in [1.29, 1.82) is 0 Å². The molecule has 0 heterocycles. The molecule has 0 saturated heterocycles. The van der Waals surface area contributed by atoms with E-state index >= 15 is 0 Å². The van der Waals surface area contributed by atoms with Gasteiger partial charge in [0.1, 0.15) is 0 Å². The second-order valence-corrected chi connectivity index (χ2v) is 4.53. The van der Waals surface area contributed by atoms with Gasteiger partial charge in [-0.3, -0.25) is 0 Å². The van der Waals surface area contributed by atoms with E-state index in [1.54, 1.807) is 0 Å². The first kappa shape index (κ1) is 17.6. The minimum Gasteiger partial charge on any atom is -0.165 e. The van der Waals surface area contributed by atoms with Crippen molar-refractivity contribution in [3.8, 4) is 0 Å². The molecule has 0 aliphatic carbocycles. The Hall–Kier alpha value is -0.450. The van der Waals surface area contributed by atoms with E-state index in [1.807, 2.05) is 0 Å². The molecular weight excluding hydrogens is 321 g/mol. The van der Waals surface area contributed by atoms with Gasteiger partial charge in [0.25, 0.3) is 0 Å². The topological polar surface area (TPSA) is 3.24 Å². The third-order valence-corrected chi connectivity index (χ3v) is 2.97. The number of hydrogen-bond donors (Lipinski definition) is 0. The molecule has 18 heavy (non-hydrogen) atoms. The maximum atomic E-state index is 11.8. The highest BCUT2D eigenvalue weighted by atomic mass is 31.1. The van der Waals surface area contributed by atoms with Crippen LogP contribution < -0.4 is 0 Å². The summed E-state index contributed by atoms with van der Waals surface area (Å²) in [6.45, 7) is 0. The van der Waals surface area contributed by atoms with Crippen LogP contribution >= 0.6 is 8.07 Å². The van der Waals surface area contributed by atoms with Gasteiger partial charge < -0.3 is 0 Å². The largest absolute Gasteiger partial charge is 0.471 e. The van der Waals surface area contributed by atoms with Crippen LogP contribution in [0.15, 0.2) is 0 Å². The molecule has 0 aromatic carbocycles. The summed E-state index contributed by atoms with van der Waals surface area (Å²) in [6, 6.07) is 0. The molecule has 14 heteroatoms. The van der Waals surface area contributed by atoms with E-state index in [4.69, 9.17) is 0 Å². The molecule has 0 radical (unpaired) electrons. The summed E-state index contributed by atoms with van der Waals surface area (Å²) in [4.78, 5) is 0. The van der Waals surface area contributed by atoms with Crippen LogP contribution in [0.3, 0.4) is 0 Å². The summed E-state index contributed by atoms with van der Waals surface area (Å²) in [5.74, 6) is -13.5. The molecule has 0 aromatic rings. The highest BCUT2D eigenvalue weighted by Gasteiger charge is 2.72. The SMILES string of the molecule is FC(F)(F)N(P(C(F)(F)F)C(F)(F)F)C(F)(F)F. The summed E-state index contributed by atoms with van der Waals surface area (Å²) in [7, 11) is -6.50. The lowest BCUT2D eigenvalue weighted by molar-refractivity contribution is -0.340. The quantitative estimate of drug-likeness (QED) is 0.382. The lowest BCUT2D eigenvalue weighted by Gasteiger charge is -2.35. The van der Waals surface area contributed by atoms with Crippen LogP contribution in [-0.2, 0) is 0 Å². The van der Waals surface area contributed by atoms with Crippen molar-refractivity contribution in [2.24, 2.45) is 0 Å². The highest BCUT2D eigenvalue weighted by molar-refractivity contribution is 7.57. The van der Waals surface area contributed by atoms with Gasteiger partial charge in [-0.1, -0.05) is 4.67 Å². The van der Waals surface area contributed by atoms with Crippen molar-refractivity contribution in [1.82, 2.24) is 4.67 Å². The van der Waals surface area contributed by atoms with Gasteiger partial charge in [-0.15, -0.1) is 0 Å². The van der Waals surface area contributed by atoms with Crippen molar-refractivity contribution in [2.75, 3.05) is 0 Å². The zero-order chi connectivity index (χ0) is 15.2. The first-order valence-corrected chi connectivity index (χ1v) is 4.66. The normalized spacial score (nSPS) is 15.7. The minimum atomic E-state index is -6.87. The molecule has 0 unspecified atom stereocenters. The second kappa shape index (κ2) is 4.58. The molecule has 0 fully saturated rings. The third kappa shape index (κ3) is 4.34. The number of nitrogens with zero attached hydrogens (tertiary/aromatic N) is 1. The Morgan fingerprint density at radius 2 is 0.722 bits per heavy atom. The molecule has 0 spiro atoms. The fraction of sp³-hybridized carbons (Fsp3) is 1.00. The van der Waals surface area contributed by atoms with Crippen LogP contribution in [0.1, 0.15) is 0 Å². The van der Waals surface area contributed by atoms with Crippen LogP contribution in [0.4, 0.5) is 52.7 Å². The second-order valence-electron chi connectivity index (χ2n) is 2.49. The molecular formula is C4F12NP. The number of alkyl halides is 12. The van der Waals surface area contributed by atoms with Gasteiger partial charge in [-0.05, 0) is 0 Å². The van der Waals surface area contributed by atoms with E-state index in [1.165, 1.54) is 0 Å². The molecule has 0 atom stereocenters. The molecule has 0 saturated carbocycles. The number of hydrogen-bond acceptors (Lipinski definition) is 1. The van der Waals surface area contributed by atoms with Gasteiger partial charge in [0.2, 0.25) is 8.07 Å².